The summed E-state index contributed by atoms with van der Waals surface area (Å²) < 4.78 is 73.1. The second-order valence-corrected chi connectivity index (χ2v) is 12.7. The molecule has 9 heteroatoms. The molecule has 1 N–H and O–H groups in total. The molecule has 1 aromatic heterocycles. The highest BCUT2D eigenvalue weighted by Gasteiger charge is 2.33. The van der Waals surface area contributed by atoms with Crippen LogP contribution in [-0.2, 0) is 22.4 Å². The van der Waals surface area contributed by atoms with Gasteiger partial charge in [-0.1, -0.05) is 68.4 Å². The van der Waals surface area contributed by atoms with Gasteiger partial charge in [0.15, 0.2) is 9.84 Å². The van der Waals surface area contributed by atoms with Gasteiger partial charge in [-0.2, -0.15) is 13.2 Å². The van der Waals surface area contributed by atoms with E-state index < -0.39 is 21.6 Å². The Kier molecular flexibility index (Phi) is 8.84. The number of nitrogens with one attached hydrogen (secondary N) is 1. The third kappa shape index (κ3) is 7.24. The first-order valence-electron chi connectivity index (χ1n) is 13.9. The molecule has 0 atom stereocenters. The zero-order valence-electron chi connectivity index (χ0n) is 23.7. The summed E-state index contributed by atoms with van der Waals surface area (Å²) in [6.45, 7) is 4.26. The number of hydrogen-bond acceptors (Lipinski definition) is 5. The number of hydrogen-bond donors (Lipinski definition) is 1. The van der Waals surface area contributed by atoms with Crippen molar-refractivity contribution in [3.63, 3.8) is 0 Å². The molecule has 0 saturated heterocycles. The maximum Gasteiger partial charge on any atom is 0.418 e. The number of alkyl halides is 3. The Morgan fingerprint density at radius 3 is 2.28 bits per heavy atom. The molecule has 0 aliphatic rings. The van der Waals surface area contributed by atoms with Gasteiger partial charge in [-0.15, -0.1) is 0 Å². The number of aromatic nitrogens is 1. The van der Waals surface area contributed by atoms with Crippen LogP contribution in [0, 0.1) is 0 Å². The van der Waals surface area contributed by atoms with Gasteiger partial charge in [0.05, 0.1) is 21.7 Å². The van der Waals surface area contributed by atoms with Crippen LogP contribution in [0.5, 0.6) is 11.5 Å². The minimum Gasteiger partial charge on any atom is -0.457 e. The summed E-state index contributed by atoms with van der Waals surface area (Å²) in [4.78, 5) is 4.47. The molecule has 0 bridgehead atoms. The average molecular weight is 605 g/mol. The summed E-state index contributed by atoms with van der Waals surface area (Å²) in [6.07, 6.45) is -2.56. The highest BCUT2D eigenvalue weighted by molar-refractivity contribution is 7.91. The van der Waals surface area contributed by atoms with Crippen molar-refractivity contribution in [2.75, 3.05) is 12.3 Å². The van der Waals surface area contributed by atoms with Gasteiger partial charge >= 0.3 is 6.18 Å². The van der Waals surface area contributed by atoms with Gasteiger partial charge < -0.3 is 10.1 Å². The Balaban J connectivity index is 1.49. The molecule has 1 heterocycles. The zero-order chi connectivity index (χ0) is 30.6. The number of pyridine rings is 1. The Morgan fingerprint density at radius 1 is 0.860 bits per heavy atom. The summed E-state index contributed by atoms with van der Waals surface area (Å²) in [5.41, 5.74) is 2.18. The van der Waals surface area contributed by atoms with Crippen LogP contribution < -0.4 is 10.1 Å². The fourth-order valence-electron chi connectivity index (χ4n) is 4.95. The molecule has 0 saturated carbocycles. The number of para-hydroxylation sites is 1. The minimum absolute atomic E-state index is 0.0192. The highest BCUT2D eigenvalue weighted by Crippen LogP contribution is 2.40. The number of fused-ring (bicyclic) bond motifs is 1. The molecule has 0 aliphatic carbocycles. The SMILES string of the molecule is CC(C)NCCS(=O)(=O)c1ccc(Oc2cccc(-c3c(Cc4ccccc4)cnc4c(C(F)(F)F)cccc34)c2)cc1. The van der Waals surface area contributed by atoms with E-state index in [0.29, 0.717) is 41.0 Å². The lowest BCUT2D eigenvalue weighted by molar-refractivity contribution is -0.136. The van der Waals surface area contributed by atoms with E-state index in [9.17, 15) is 21.6 Å². The van der Waals surface area contributed by atoms with E-state index in [1.165, 1.54) is 24.4 Å². The first-order valence-corrected chi connectivity index (χ1v) is 15.5. The normalized spacial score (nSPS) is 12.1. The predicted molar refractivity (Wildman–Crippen MR) is 163 cm³/mol. The Labute approximate surface area is 249 Å². The molecule has 5 rings (SSSR count). The van der Waals surface area contributed by atoms with Gasteiger partial charge in [0.25, 0.3) is 0 Å². The largest absolute Gasteiger partial charge is 0.457 e. The van der Waals surface area contributed by atoms with Crippen LogP contribution in [0.1, 0.15) is 30.5 Å². The minimum atomic E-state index is -4.56. The molecule has 0 aliphatic heterocycles. The van der Waals surface area contributed by atoms with Crippen molar-refractivity contribution in [3.8, 4) is 22.6 Å². The summed E-state index contributed by atoms with van der Waals surface area (Å²) in [6, 6.07) is 27.3. The van der Waals surface area contributed by atoms with Crippen LogP contribution in [-0.4, -0.2) is 31.7 Å². The quantitative estimate of drug-likeness (QED) is 0.175. The van der Waals surface area contributed by atoms with Gasteiger partial charge in [-0.25, -0.2) is 8.42 Å². The number of sulfone groups is 1. The number of rotatable bonds is 10. The fraction of sp³-hybridized carbons (Fsp3) is 0.206. The van der Waals surface area contributed by atoms with E-state index >= 15 is 0 Å². The number of halogens is 3. The molecule has 5 nitrogen and oxygen atoms in total. The first-order chi connectivity index (χ1) is 20.5. The van der Waals surface area contributed by atoms with E-state index in [2.05, 4.69) is 10.3 Å². The molecule has 0 spiro atoms. The average Bonchev–Trinajstić information content (AvgIpc) is 2.97. The maximum atomic E-state index is 13.9. The van der Waals surface area contributed by atoms with Crippen molar-refractivity contribution in [2.45, 2.75) is 37.4 Å². The number of ether oxygens (including phenoxy) is 1. The van der Waals surface area contributed by atoms with Crippen molar-refractivity contribution >= 4 is 20.7 Å². The van der Waals surface area contributed by atoms with E-state index in [-0.39, 0.29) is 22.2 Å². The van der Waals surface area contributed by atoms with Gasteiger partial charge in [0.1, 0.15) is 11.5 Å². The lowest BCUT2D eigenvalue weighted by atomic mass is 9.92. The summed E-state index contributed by atoms with van der Waals surface area (Å²) >= 11 is 0. The van der Waals surface area contributed by atoms with E-state index in [1.807, 2.05) is 50.2 Å². The molecule has 0 fully saturated rings. The Morgan fingerprint density at radius 2 is 1.58 bits per heavy atom. The molecular weight excluding hydrogens is 573 g/mol. The van der Waals surface area contributed by atoms with Gasteiger partial charge in [-0.05, 0) is 71.1 Å². The zero-order valence-corrected chi connectivity index (χ0v) is 24.5. The second-order valence-electron chi connectivity index (χ2n) is 10.5. The summed E-state index contributed by atoms with van der Waals surface area (Å²) in [5, 5.41) is 3.50. The van der Waals surface area contributed by atoms with Crippen LogP contribution in [0.25, 0.3) is 22.0 Å². The van der Waals surface area contributed by atoms with E-state index in [4.69, 9.17) is 4.74 Å². The van der Waals surface area contributed by atoms with Crippen LogP contribution in [0.2, 0.25) is 0 Å². The van der Waals surface area contributed by atoms with Crippen molar-refractivity contribution < 1.29 is 26.3 Å². The molecular formula is C34H31F3N2O3S. The molecule has 0 radical (unpaired) electrons. The predicted octanol–water partition coefficient (Wildman–Crippen LogP) is 8.08. The Bertz CT molecular complexity index is 1820. The van der Waals surface area contributed by atoms with Crippen LogP contribution in [0.3, 0.4) is 0 Å². The van der Waals surface area contributed by atoms with Gasteiger partial charge in [-0.3, -0.25) is 4.98 Å². The third-order valence-corrected chi connectivity index (χ3v) is 8.72. The number of nitrogens with zero attached hydrogens (tertiary/aromatic N) is 1. The second kappa shape index (κ2) is 12.6. The van der Waals surface area contributed by atoms with Crippen molar-refractivity contribution in [1.82, 2.24) is 10.3 Å². The van der Waals surface area contributed by atoms with Crippen molar-refractivity contribution in [1.29, 1.82) is 0 Å². The standard InChI is InChI=1S/C34H31F3N2O3S/c1-23(2)38-18-19-43(40,41)29-16-14-27(15-17-29)42-28-11-6-10-25(21-28)32-26(20-24-8-4-3-5-9-24)22-39-33-30(32)12-7-13-31(33)34(35,36)37/h3-17,21-23,38H,18-20H2,1-2H3. The summed E-state index contributed by atoms with van der Waals surface area (Å²) in [7, 11) is -3.46. The van der Waals surface area contributed by atoms with E-state index in [1.54, 1.807) is 36.4 Å². The lowest BCUT2D eigenvalue weighted by Gasteiger charge is -2.17. The molecule has 0 unspecified atom stereocenters. The Hall–Kier alpha value is -4.21. The van der Waals surface area contributed by atoms with Crippen molar-refractivity contribution in [3.05, 3.63) is 120 Å². The number of benzene rings is 4. The van der Waals surface area contributed by atoms with Crippen LogP contribution >= 0.6 is 0 Å². The highest BCUT2D eigenvalue weighted by atomic mass is 32.2. The summed E-state index contributed by atoms with van der Waals surface area (Å²) in [5.74, 6) is 0.867. The van der Waals surface area contributed by atoms with Crippen LogP contribution in [0.15, 0.2) is 108 Å². The van der Waals surface area contributed by atoms with Gasteiger partial charge in [0, 0.05) is 24.2 Å². The first kappa shape index (κ1) is 30.3. The monoisotopic (exact) mass is 604 g/mol. The van der Waals surface area contributed by atoms with Crippen molar-refractivity contribution in [2.24, 2.45) is 0 Å². The smallest absolute Gasteiger partial charge is 0.418 e. The molecule has 43 heavy (non-hydrogen) atoms. The molecule has 0 amide bonds. The van der Waals surface area contributed by atoms with Crippen LogP contribution in [0.4, 0.5) is 13.2 Å². The molecule has 5 aromatic rings. The third-order valence-electron chi connectivity index (χ3n) is 6.98. The van der Waals surface area contributed by atoms with E-state index in [0.717, 1.165) is 17.2 Å². The topological polar surface area (TPSA) is 68.3 Å². The van der Waals surface area contributed by atoms with Gasteiger partial charge in [0.2, 0.25) is 0 Å². The fourth-order valence-corrected chi connectivity index (χ4v) is 6.12. The lowest BCUT2D eigenvalue weighted by Crippen LogP contribution is -2.28. The maximum absolute atomic E-state index is 13.9. The molecule has 222 valence electrons. The molecule has 4 aromatic carbocycles.